The van der Waals surface area contributed by atoms with Gasteiger partial charge in [-0.2, -0.15) is 0 Å². The number of amides is 2. The molecule has 0 fully saturated rings. The fourth-order valence-corrected chi connectivity index (χ4v) is 3.29. The van der Waals surface area contributed by atoms with E-state index in [1.807, 2.05) is 44.2 Å². The largest absolute Gasteiger partial charge is 0.487 e. The average molecular weight is 387 g/mol. The molecule has 0 aromatic heterocycles. The van der Waals surface area contributed by atoms with E-state index in [1.54, 1.807) is 17.0 Å². The minimum Gasteiger partial charge on any atom is -0.487 e. The minimum atomic E-state index is -0.158. The van der Waals surface area contributed by atoms with Gasteiger partial charge in [0.25, 0.3) is 0 Å². The maximum atomic E-state index is 12.7. The van der Waals surface area contributed by atoms with Gasteiger partial charge in [-0.3, -0.25) is 9.59 Å². The highest BCUT2D eigenvalue weighted by atomic mass is 35.5. The Labute approximate surface area is 164 Å². The standard InChI is InChI=1S/C21H23ClN2O3/c1-14-6-7-19-18(10-14)24(13-15(2)27-19)21(26)9-8-20(25)23-12-16-4-3-5-17(22)11-16/h3-7,10-11,15H,8-9,12-13H2,1-2H3,(H,23,25)/t15-/m0/s1. The molecule has 1 N–H and O–H groups in total. The fourth-order valence-electron chi connectivity index (χ4n) is 3.08. The van der Waals surface area contributed by atoms with Crippen molar-refractivity contribution in [2.45, 2.75) is 39.3 Å². The number of carbonyl (C=O) groups is 2. The van der Waals surface area contributed by atoms with Crippen LogP contribution in [0, 0.1) is 6.92 Å². The summed E-state index contributed by atoms with van der Waals surface area (Å²) in [6, 6.07) is 13.1. The molecule has 1 atom stereocenters. The van der Waals surface area contributed by atoms with E-state index in [1.165, 1.54) is 0 Å². The van der Waals surface area contributed by atoms with E-state index in [4.69, 9.17) is 16.3 Å². The Morgan fingerprint density at radius 1 is 1.22 bits per heavy atom. The Kier molecular flexibility index (Phi) is 6.01. The highest BCUT2D eigenvalue weighted by Gasteiger charge is 2.27. The van der Waals surface area contributed by atoms with Gasteiger partial charge < -0.3 is 15.0 Å². The van der Waals surface area contributed by atoms with Crippen LogP contribution < -0.4 is 15.0 Å². The van der Waals surface area contributed by atoms with Gasteiger partial charge in [0.05, 0.1) is 12.2 Å². The third-order valence-corrected chi connectivity index (χ3v) is 4.65. The number of fused-ring (bicyclic) bond motifs is 1. The molecule has 2 aromatic carbocycles. The van der Waals surface area contributed by atoms with Gasteiger partial charge in [-0.15, -0.1) is 0 Å². The van der Waals surface area contributed by atoms with Crippen molar-refractivity contribution in [3.05, 3.63) is 58.6 Å². The lowest BCUT2D eigenvalue weighted by molar-refractivity contribution is -0.125. The first kappa shape index (κ1) is 19.2. The van der Waals surface area contributed by atoms with E-state index >= 15 is 0 Å². The normalized spacial score (nSPS) is 15.7. The molecule has 1 aliphatic rings. The molecule has 6 heteroatoms. The number of anilines is 1. The number of carbonyl (C=O) groups excluding carboxylic acids is 2. The Hall–Kier alpha value is -2.53. The number of halogens is 1. The third-order valence-electron chi connectivity index (χ3n) is 4.42. The summed E-state index contributed by atoms with van der Waals surface area (Å²) in [7, 11) is 0. The van der Waals surface area contributed by atoms with Gasteiger partial charge in [-0.1, -0.05) is 29.8 Å². The van der Waals surface area contributed by atoms with Crippen molar-refractivity contribution in [3.8, 4) is 5.75 Å². The van der Waals surface area contributed by atoms with Crippen molar-refractivity contribution in [1.82, 2.24) is 5.32 Å². The van der Waals surface area contributed by atoms with Gasteiger partial charge in [0.2, 0.25) is 11.8 Å². The summed E-state index contributed by atoms with van der Waals surface area (Å²) in [5.41, 5.74) is 2.76. The molecule has 0 bridgehead atoms. The first-order chi connectivity index (χ1) is 12.9. The molecule has 0 saturated heterocycles. The van der Waals surface area contributed by atoms with E-state index in [9.17, 15) is 9.59 Å². The van der Waals surface area contributed by atoms with E-state index in [2.05, 4.69) is 5.32 Å². The van der Waals surface area contributed by atoms with Crippen LogP contribution in [0.1, 0.15) is 30.9 Å². The molecule has 0 saturated carbocycles. The maximum absolute atomic E-state index is 12.7. The summed E-state index contributed by atoms with van der Waals surface area (Å²) in [6.07, 6.45) is 0.217. The lowest BCUT2D eigenvalue weighted by Gasteiger charge is -2.33. The molecule has 0 radical (unpaired) electrons. The molecule has 2 amide bonds. The molecule has 5 nitrogen and oxygen atoms in total. The minimum absolute atomic E-state index is 0.0742. The number of rotatable bonds is 5. The van der Waals surface area contributed by atoms with E-state index in [0.29, 0.717) is 23.9 Å². The van der Waals surface area contributed by atoms with Crippen LogP contribution in [-0.2, 0) is 16.1 Å². The second kappa shape index (κ2) is 8.44. The van der Waals surface area contributed by atoms with Crippen molar-refractivity contribution in [3.63, 3.8) is 0 Å². The van der Waals surface area contributed by atoms with Crippen LogP contribution in [-0.4, -0.2) is 24.5 Å². The first-order valence-corrected chi connectivity index (χ1v) is 9.39. The average Bonchev–Trinajstić information content (AvgIpc) is 2.64. The van der Waals surface area contributed by atoms with Crippen molar-refractivity contribution < 1.29 is 14.3 Å². The van der Waals surface area contributed by atoms with Crippen LogP contribution in [0.15, 0.2) is 42.5 Å². The van der Waals surface area contributed by atoms with E-state index in [-0.39, 0.29) is 30.8 Å². The van der Waals surface area contributed by atoms with E-state index in [0.717, 1.165) is 16.8 Å². The monoisotopic (exact) mass is 386 g/mol. The summed E-state index contributed by atoms with van der Waals surface area (Å²) in [5, 5.41) is 3.46. The smallest absolute Gasteiger partial charge is 0.227 e. The molecular weight excluding hydrogens is 364 g/mol. The van der Waals surface area contributed by atoms with Gasteiger partial charge in [0, 0.05) is 24.4 Å². The number of hydrogen-bond donors (Lipinski definition) is 1. The molecule has 0 spiro atoms. The third kappa shape index (κ3) is 5.01. The van der Waals surface area contributed by atoms with Crippen molar-refractivity contribution in [2.75, 3.05) is 11.4 Å². The molecule has 1 aliphatic heterocycles. The molecule has 0 unspecified atom stereocenters. The van der Waals surface area contributed by atoms with Crippen molar-refractivity contribution in [2.24, 2.45) is 0 Å². The Balaban J connectivity index is 1.56. The number of nitrogens with zero attached hydrogens (tertiary/aromatic N) is 1. The van der Waals surface area contributed by atoms with Crippen LogP contribution in [0.4, 0.5) is 5.69 Å². The highest BCUT2D eigenvalue weighted by Crippen LogP contribution is 2.34. The molecular formula is C21H23ClN2O3. The number of aryl methyl sites for hydroxylation is 1. The summed E-state index contributed by atoms with van der Waals surface area (Å²) in [6.45, 7) is 4.79. The van der Waals surface area contributed by atoms with Crippen LogP contribution >= 0.6 is 11.6 Å². The van der Waals surface area contributed by atoms with E-state index < -0.39 is 0 Å². The van der Waals surface area contributed by atoms with Gasteiger partial charge in [0.1, 0.15) is 11.9 Å². The van der Waals surface area contributed by atoms with Crippen LogP contribution in [0.2, 0.25) is 5.02 Å². The zero-order valence-corrected chi connectivity index (χ0v) is 16.3. The zero-order valence-electron chi connectivity index (χ0n) is 15.5. The Bertz CT molecular complexity index is 853. The number of nitrogens with one attached hydrogen (secondary N) is 1. The van der Waals surface area contributed by atoms with Gasteiger partial charge in [0.15, 0.2) is 0 Å². The molecule has 27 heavy (non-hydrogen) atoms. The topological polar surface area (TPSA) is 58.6 Å². The summed E-state index contributed by atoms with van der Waals surface area (Å²) in [5.74, 6) is 0.474. The SMILES string of the molecule is Cc1ccc2c(c1)N(C(=O)CCC(=O)NCc1cccc(Cl)c1)C[C@H](C)O2. The molecule has 142 valence electrons. The second-order valence-corrected chi connectivity index (χ2v) is 7.25. The summed E-state index contributed by atoms with van der Waals surface area (Å²) < 4.78 is 5.81. The van der Waals surface area contributed by atoms with Gasteiger partial charge in [-0.05, 0) is 49.2 Å². The number of benzene rings is 2. The quantitative estimate of drug-likeness (QED) is 0.848. The van der Waals surface area contributed by atoms with Crippen LogP contribution in [0.25, 0.3) is 0 Å². The molecule has 0 aliphatic carbocycles. The van der Waals surface area contributed by atoms with Crippen molar-refractivity contribution in [1.29, 1.82) is 0 Å². The molecule has 3 rings (SSSR count). The highest BCUT2D eigenvalue weighted by molar-refractivity contribution is 6.30. The Morgan fingerprint density at radius 2 is 2.04 bits per heavy atom. The lowest BCUT2D eigenvalue weighted by atomic mass is 10.1. The lowest BCUT2D eigenvalue weighted by Crippen LogP contribution is -2.42. The summed E-state index contributed by atoms with van der Waals surface area (Å²) in [4.78, 5) is 26.5. The number of ether oxygens (including phenoxy) is 1. The van der Waals surface area contributed by atoms with Crippen molar-refractivity contribution >= 4 is 29.1 Å². The van der Waals surface area contributed by atoms with Gasteiger partial charge >= 0.3 is 0 Å². The zero-order chi connectivity index (χ0) is 19.4. The predicted octanol–water partition coefficient (Wildman–Crippen LogP) is 3.86. The summed E-state index contributed by atoms with van der Waals surface area (Å²) >= 11 is 5.94. The maximum Gasteiger partial charge on any atom is 0.227 e. The Morgan fingerprint density at radius 3 is 2.81 bits per heavy atom. The molecule has 2 aromatic rings. The van der Waals surface area contributed by atoms with Crippen LogP contribution in [0.5, 0.6) is 5.75 Å². The number of hydrogen-bond acceptors (Lipinski definition) is 3. The second-order valence-electron chi connectivity index (χ2n) is 6.81. The predicted molar refractivity (Wildman–Crippen MR) is 106 cm³/mol. The van der Waals surface area contributed by atoms with Gasteiger partial charge in [-0.25, -0.2) is 0 Å². The fraction of sp³-hybridized carbons (Fsp3) is 0.333. The molecule has 1 heterocycles. The first-order valence-electron chi connectivity index (χ1n) is 9.01. The van der Waals surface area contributed by atoms with Crippen LogP contribution in [0.3, 0.4) is 0 Å².